The minimum absolute atomic E-state index is 0.0490. The van der Waals surface area contributed by atoms with E-state index in [0.29, 0.717) is 23.8 Å². The monoisotopic (exact) mass is 404 g/mol. The zero-order valence-electron chi connectivity index (χ0n) is 17.1. The van der Waals surface area contributed by atoms with E-state index in [1.165, 1.54) is 6.92 Å². The molecule has 0 aromatic carbocycles. The van der Waals surface area contributed by atoms with Crippen molar-refractivity contribution in [3.8, 4) is 0 Å². The molecule has 0 saturated heterocycles. The number of allylic oxidation sites excluding steroid dienone is 4. The van der Waals surface area contributed by atoms with Crippen molar-refractivity contribution >= 4 is 29.1 Å². The quantitative estimate of drug-likeness (QED) is 0.623. The molecule has 0 aromatic heterocycles. The van der Waals surface area contributed by atoms with Gasteiger partial charge in [-0.2, -0.15) is 0 Å². The molecule has 4 aliphatic carbocycles. The van der Waals surface area contributed by atoms with E-state index < -0.39 is 5.60 Å². The van der Waals surface area contributed by atoms with Gasteiger partial charge in [-0.15, -0.1) is 0 Å². The number of carbonyl (C=O) groups excluding carboxylic acids is 3. The Morgan fingerprint density at radius 3 is 2.43 bits per heavy atom. The fraction of sp³-hybridized carbons (Fsp3) is 0.696. The third-order valence-corrected chi connectivity index (χ3v) is 8.89. The van der Waals surface area contributed by atoms with Crippen molar-refractivity contribution in [2.45, 2.75) is 71.8 Å². The summed E-state index contributed by atoms with van der Waals surface area (Å²) in [5.41, 5.74) is -0.532. The summed E-state index contributed by atoms with van der Waals surface area (Å²) >= 11 is 6.71. The maximum absolute atomic E-state index is 12.7. The van der Waals surface area contributed by atoms with Crippen LogP contribution >= 0.6 is 11.6 Å². The Balaban J connectivity index is 1.79. The smallest absolute Gasteiger partial charge is 0.303 e. The molecule has 5 heteroatoms. The lowest BCUT2D eigenvalue weighted by Gasteiger charge is -2.57. The number of Topliss-reactive ketones (excluding diaryl/α,β-unsaturated/α-hetero) is 1. The van der Waals surface area contributed by atoms with Crippen molar-refractivity contribution in [1.29, 1.82) is 0 Å². The van der Waals surface area contributed by atoms with Crippen LogP contribution in [0.5, 0.6) is 0 Å². The molecular formula is C23H29ClO4. The molecule has 6 atom stereocenters. The Kier molecular flexibility index (Phi) is 4.46. The van der Waals surface area contributed by atoms with Crippen LogP contribution in [0.2, 0.25) is 0 Å². The number of esters is 1. The average molecular weight is 405 g/mol. The molecule has 4 nitrogen and oxygen atoms in total. The Bertz CT molecular complexity index is 826. The van der Waals surface area contributed by atoms with Crippen LogP contribution in [-0.2, 0) is 19.1 Å². The highest BCUT2D eigenvalue weighted by Crippen LogP contribution is 2.68. The Hall–Kier alpha value is -1.42. The van der Waals surface area contributed by atoms with Gasteiger partial charge in [0.15, 0.2) is 17.2 Å². The van der Waals surface area contributed by atoms with Gasteiger partial charge in [-0.05, 0) is 73.8 Å². The predicted octanol–water partition coefficient (Wildman–Crippen LogP) is 4.75. The molecule has 0 aliphatic heterocycles. The molecule has 0 amide bonds. The molecule has 4 rings (SSSR count). The van der Waals surface area contributed by atoms with E-state index in [1.54, 1.807) is 13.0 Å². The molecule has 0 N–H and O–H groups in total. The Morgan fingerprint density at radius 2 is 1.79 bits per heavy atom. The molecule has 28 heavy (non-hydrogen) atoms. The average Bonchev–Trinajstić information content (AvgIpc) is 2.90. The van der Waals surface area contributed by atoms with Crippen molar-refractivity contribution in [3.05, 3.63) is 22.8 Å². The summed E-state index contributed by atoms with van der Waals surface area (Å²) in [5, 5.41) is 0.689. The number of rotatable bonds is 2. The normalized spacial score (nSPS) is 44.6. The molecule has 0 heterocycles. The first-order valence-electron chi connectivity index (χ1n) is 10.4. The van der Waals surface area contributed by atoms with Gasteiger partial charge in [-0.25, -0.2) is 0 Å². The van der Waals surface area contributed by atoms with E-state index in [1.807, 2.05) is 0 Å². The van der Waals surface area contributed by atoms with Gasteiger partial charge in [0.05, 0.1) is 0 Å². The van der Waals surface area contributed by atoms with Gasteiger partial charge in [-0.1, -0.05) is 31.5 Å². The molecule has 4 aliphatic rings. The van der Waals surface area contributed by atoms with Gasteiger partial charge >= 0.3 is 5.97 Å². The summed E-state index contributed by atoms with van der Waals surface area (Å²) in [6.07, 6.45) is 8.48. The third kappa shape index (κ3) is 2.46. The topological polar surface area (TPSA) is 60.4 Å². The predicted molar refractivity (Wildman–Crippen MR) is 107 cm³/mol. The van der Waals surface area contributed by atoms with Crippen molar-refractivity contribution in [2.75, 3.05) is 0 Å². The number of hydrogen-bond donors (Lipinski definition) is 0. The van der Waals surface area contributed by atoms with Crippen LogP contribution in [0.15, 0.2) is 22.8 Å². The molecule has 0 spiro atoms. The molecular weight excluding hydrogens is 376 g/mol. The fourth-order valence-corrected chi connectivity index (χ4v) is 7.55. The van der Waals surface area contributed by atoms with E-state index in [9.17, 15) is 14.4 Å². The zero-order valence-corrected chi connectivity index (χ0v) is 17.9. The van der Waals surface area contributed by atoms with Gasteiger partial charge in [0.2, 0.25) is 0 Å². The van der Waals surface area contributed by atoms with Crippen LogP contribution in [-0.4, -0.2) is 23.1 Å². The second-order valence-electron chi connectivity index (χ2n) is 9.72. The molecule has 0 aromatic rings. The number of fused-ring (bicyclic) bond motifs is 5. The molecule has 0 bridgehead atoms. The lowest BCUT2D eigenvalue weighted by molar-refractivity contribution is -0.185. The highest BCUT2D eigenvalue weighted by molar-refractivity contribution is 6.32. The summed E-state index contributed by atoms with van der Waals surface area (Å²) in [7, 11) is 0. The highest BCUT2D eigenvalue weighted by atomic mass is 35.5. The summed E-state index contributed by atoms with van der Waals surface area (Å²) in [6, 6.07) is 0. The first-order valence-corrected chi connectivity index (χ1v) is 10.8. The lowest BCUT2D eigenvalue weighted by atomic mass is 9.48. The van der Waals surface area contributed by atoms with Gasteiger partial charge in [0.1, 0.15) is 0 Å². The number of carbonyl (C=O) groups is 3. The van der Waals surface area contributed by atoms with Crippen LogP contribution in [0.1, 0.15) is 66.2 Å². The van der Waals surface area contributed by atoms with Crippen molar-refractivity contribution in [1.82, 2.24) is 0 Å². The van der Waals surface area contributed by atoms with E-state index in [-0.39, 0.29) is 40.2 Å². The number of hydrogen-bond acceptors (Lipinski definition) is 4. The van der Waals surface area contributed by atoms with Crippen molar-refractivity contribution in [3.63, 3.8) is 0 Å². The van der Waals surface area contributed by atoms with Gasteiger partial charge < -0.3 is 4.74 Å². The van der Waals surface area contributed by atoms with Gasteiger partial charge in [0.25, 0.3) is 0 Å². The van der Waals surface area contributed by atoms with Crippen LogP contribution < -0.4 is 0 Å². The highest BCUT2D eigenvalue weighted by Gasteiger charge is 2.67. The summed E-state index contributed by atoms with van der Waals surface area (Å²) in [4.78, 5) is 36.6. The summed E-state index contributed by atoms with van der Waals surface area (Å²) in [6.45, 7) is 7.33. The largest absolute Gasteiger partial charge is 0.451 e. The zero-order chi connectivity index (χ0) is 20.5. The van der Waals surface area contributed by atoms with E-state index >= 15 is 0 Å². The number of ketones is 2. The summed E-state index contributed by atoms with van der Waals surface area (Å²) in [5.74, 6) is 0.584. The molecule has 0 unspecified atom stereocenters. The molecule has 0 radical (unpaired) electrons. The minimum atomic E-state index is -1.03. The molecule has 152 valence electrons. The van der Waals surface area contributed by atoms with Crippen LogP contribution in [0.3, 0.4) is 0 Å². The van der Waals surface area contributed by atoms with Crippen molar-refractivity contribution < 1.29 is 19.1 Å². The Labute approximate surface area is 171 Å². The van der Waals surface area contributed by atoms with Crippen molar-refractivity contribution in [2.24, 2.45) is 28.6 Å². The maximum atomic E-state index is 12.7. The SMILES string of the molecule is CC(=O)O[C@]1(C(C)=O)CC[C@H]2[C@@H]3C=C(Cl)C4=CC(=O)CC[C@@]4(C)[C@H]3CC[C@]21C. The lowest BCUT2D eigenvalue weighted by Crippen LogP contribution is -2.58. The maximum Gasteiger partial charge on any atom is 0.303 e. The third-order valence-electron chi connectivity index (χ3n) is 8.56. The fourth-order valence-electron chi connectivity index (χ4n) is 7.13. The van der Waals surface area contributed by atoms with E-state index in [2.05, 4.69) is 19.9 Å². The van der Waals surface area contributed by atoms with E-state index in [0.717, 1.165) is 31.3 Å². The summed E-state index contributed by atoms with van der Waals surface area (Å²) < 4.78 is 5.79. The van der Waals surface area contributed by atoms with Crippen LogP contribution in [0.25, 0.3) is 0 Å². The van der Waals surface area contributed by atoms with Gasteiger partial charge in [0, 0.05) is 23.8 Å². The second-order valence-corrected chi connectivity index (χ2v) is 10.1. The first-order chi connectivity index (χ1) is 13.0. The minimum Gasteiger partial charge on any atom is -0.451 e. The standard InChI is InChI=1S/C23H29ClO4/c1-13(25)23(28-14(2)26)10-7-18-16-12-20(24)19-11-15(27)5-8-21(19,3)17(16)6-9-22(18,23)4/h11-12,16-18H,5-10H2,1-4H3/t16-,17+,18+,21+,22-,23+/m1/s1. The van der Waals surface area contributed by atoms with E-state index in [4.69, 9.17) is 16.3 Å². The van der Waals surface area contributed by atoms with Gasteiger partial charge in [-0.3, -0.25) is 14.4 Å². The molecule has 2 saturated carbocycles. The van der Waals surface area contributed by atoms with Crippen LogP contribution in [0.4, 0.5) is 0 Å². The Morgan fingerprint density at radius 1 is 1.11 bits per heavy atom. The number of ether oxygens (including phenoxy) is 1. The molecule has 2 fully saturated rings. The second kappa shape index (κ2) is 6.29. The first kappa shape index (κ1) is 19.9. The number of halogens is 1. The van der Waals surface area contributed by atoms with Crippen LogP contribution in [0, 0.1) is 28.6 Å².